The molecular weight excluding hydrogens is 382 g/mol. The second-order valence-corrected chi connectivity index (χ2v) is 10.4. The van der Waals surface area contributed by atoms with Crippen molar-refractivity contribution in [1.82, 2.24) is 0 Å². The van der Waals surface area contributed by atoms with Crippen LogP contribution in [0.4, 0.5) is 0 Å². The van der Waals surface area contributed by atoms with Crippen molar-refractivity contribution < 1.29 is 23.2 Å². The van der Waals surface area contributed by atoms with Crippen LogP contribution in [0.2, 0.25) is 0 Å². The standard InChI is InChI=1S/C18H14O5PS.Na/c19-13-5-9-15(10-6-13)24(16-11-7-14(20)8-12-16)17-3-1-2-4-18(17)25(21,22)23;/h1-3,5-12,19-20H,(H,21,22,23);. The van der Waals surface area contributed by atoms with Crippen molar-refractivity contribution in [3.05, 3.63) is 66.7 Å². The zero-order chi connectivity index (χ0) is 18.9. The predicted molar refractivity (Wildman–Crippen MR) is 104 cm³/mol. The van der Waals surface area contributed by atoms with Crippen LogP contribution in [0.3, 0.4) is 0 Å². The van der Waals surface area contributed by atoms with Gasteiger partial charge in [-0.3, -0.25) is 0 Å². The molecule has 0 saturated heterocycles. The van der Waals surface area contributed by atoms with E-state index in [0.717, 1.165) is 10.6 Å². The number of benzene rings is 3. The third-order valence-corrected chi connectivity index (χ3v) is 8.79. The van der Waals surface area contributed by atoms with Gasteiger partial charge in [0.15, 0.2) is 0 Å². The summed E-state index contributed by atoms with van der Waals surface area (Å²) in [5.74, 6) is 0.224. The summed E-state index contributed by atoms with van der Waals surface area (Å²) in [6.07, 6.45) is 0. The minimum atomic E-state index is -4.39. The van der Waals surface area contributed by atoms with E-state index in [4.69, 9.17) is 0 Å². The maximum atomic E-state index is 12.1. The molecule has 3 aromatic rings. The van der Waals surface area contributed by atoms with E-state index >= 15 is 0 Å². The van der Waals surface area contributed by atoms with Crippen molar-refractivity contribution in [3.63, 3.8) is 0 Å². The normalized spacial score (nSPS) is 11.7. The molecule has 0 heterocycles. The first-order valence-electron chi connectivity index (χ1n) is 7.72. The average molecular weight is 396 g/mol. The van der Waals surface area contributed by atoms with Crippen molar-refractivity contribution in [2.45, 2.75) is 4.90 Å². The van der Waals surface area contributed by atoms with Gasteiger partial charge in [-0.2, -0.15) is 0 Å². The molecule has 0 spiro atoms. The van der Waals surface area contributed by atoms with Gasteiger partial charge >= 0.3 is 171 Å². The number of aromatic hydroxyl groups is 2. The van der Waals surface area contributed by atoms with Crippen molar-refractivity contribution in [1.29, 1.82) is 0 Å². The van der Waals surface area contributed by atoms with Gasteiger partial charge in [0.1, 0.15) is 0 Å². The van der Waals surface area contributed by atoms with Crippen LogP contribution in [0, 0.1) is 0 Å². The molecule has 0 amide bonds. The molecule has 0 radical (unpaired) electrons. The van der Waals surface area contributed by atoms with E-state index in [9.17, 15) is 23.2 Å². The Balaban J connectivity index is 2.30. The number of hydrogen-bond donors (Lipinski definition) is 3. The molecule has 0 fully saturated rings. The third-order valence-electron chi connectivity index (χ3n) is 3.91. The van der Waals surface area contributed by atoms with E-state index in [1.54, 1.807) is 66.7 Å². The topological polar surface area (TPSA) is 94.8 Å². The molecule has 3 aromatic carbocycles. The molecule has 0 aliphatic carbocycles. The predicted octanol–water partition coefficient (Wildman–Crippen LogP) is 0.896. The fourth-order valence-electron chi connectivity index (χ4n) is 2.78. The Hall–Kier alpha value is -1.40. The Labute approximate surface area is 170 Å². The van der Waals surface area contributed by atoms with Gasteiger partial charge in [-0.15, -0.1) is 0 Å². The quantitative estimate of drug-likeness (QED) is 0.346. The van der Waals surface area contributed by atoms with Gasteiger partial charge in [0.2, 0.25) is 0 Å². The summed E-state index contributed by atoms with van der Waals surface area (Å²) in [6.45, 7) is 0. The zero-order valence-electron chi connectivity index (χ0n) is 13.9. The molecule has 0 aromatic heterocycles. The van der Waals surface area contributed by atoms with Crippen LogP contribution in [-0.4, -0.2) is 51.1 Å². The van der Waals surface area contributed by atoms with E-state index in [-0.39, 0.29) is 16.4 Å². The Kier molecular flexibility index (Phi) is 5.72. The minimum absolute atomic E-state index is 0.0427. The van der Waals surface area contributed by atoms with Gasteiger partial charge in [-0.25, -0.2) is 0 Å². The van der Waals surface area contributed by atoms with E-state index in [1.165, 1.54) is 0 Å². The molecule has 8 heteroatoms. The van der Waals surface area contributed by atoms with E-state index in [2.05, 4.69) is 0 Å². The molecule has 26 heavy (non-hydrogen) atoms. The number of phenolic OH excluding ortho intramolecular Hbond substituents is 2. The third kappa shape index (κ3) is 4.12. The molecule has 0 bridgehead atoms. The Bertz CT molecular complexity index is 989. The summed E-state index contributed by atoms with van der Waals surface area (Å²) < 4.78 is 34.5. The van der Waals surface area contributed by atoms with E-state index < -0.39 is 18.0 Å². The number of phenols is 2. The second kappa shape index (κ2) is 7.69. The Morgan fingerprint density at radius 1 is 0.769 bits per heavy atom. The second-order valence-electron chi connectivity index (χ2n) is 5.77. The first-order chi connectivity index (χ1) is 12.3. The van der Waals surface area contributed by atoms with Crippen LogP contribution in [0.15, 0.2) is 71.6 Å². The van der Waals surface area contributed by atoms with Gasteiger partial charge in [0.25, 0.3) is 0 Å². The Morgan fingerprint density at radius 2 is 1.23 bits per heavy atom. The summed E-state index contributed by atoms with van der Waals surface area (Å²) in [7, 11) is -5.70. The zero-order valence-corrected chi connectivity index (χ0v) is 17.6. The van der Waals surface area contributed by atoms with Crippen LogP contribution in [0.25, 0.3) is 0 Å². The summed E-state index contributed by atoms with van der Waals surface area (Å²) >= 11 is 0.464. The summed E-state index contributed by atoms with van der Waals surface area (Å²) in [4.78, 5) is -0.0427. The summed E-state index contributed by atoms with van der Waals surface area (Å²) in [5.41, 5.74) is 0. The molecule has 0 saturated carbocycles. The van der Waals surface area contributed by atoms with E-state index in [1.807, 2.05) is 0 Å². The van der Waals surface area contributed by atoms with Gasteiger partial charge in [-0.1, -0.05) is 0 Å². The first kappa shape index (κ1) is 19.4. The molecule has 128 valence electrons. The van der Waals surface area contributed by atoms with Crippen molar-refractivity contribution in [3.8, 4) is 11.5 Å². The van der Waals surface area contributed by atoms with Crippen LogP contribution in [0.1, 0.15) is 0 Å². The number of rotatable bonds is 4. The van der Waals surface area contributed by atoms with Gasteiger partial charge in [0, 0.05) is 0 Å². The van der Waals surface area contributed by atoms with Crippen LogP contribution < -0.4 is 18.7 Å². The molecule has 0 aliphatic heterocycles. The maximum absolute atomic E-state index is 12.1. The van der Waals surface area contributed by atoms with Crippen molar-refractivity contribution in [2.75, 3.05) is 0 Å². The SMILES string of the molecule is O=S(=O)(O)c1[c]([Na])cccc1P(c1ccc(O)cc1)c1ccc(O)cc1. The molecule has 3 rings (SSSR count). The van der Waals surface area contributed by atoms with Crippen LogP contribution in [-0.2, 0) is 10.1 Å². The van der Waals surface area contributed by atoms with Gasteiger partial charge in [0.05, 0.1) is 0 Å². The van der Waals surface area contributed by atoms with Gasteiger partial charge in [-0.05, 0) is 0 Å². The van der Waals surface area contributed by atoms with Crippen LogP contribution >= 0.6 is 7.92 Å². The molecule has 0 atom stereocenters. The first-order valence-corrected chi connectivity index (χ1v) is 11.5. The summed E-state index contributed by atoms with van der Waals surface area (Å²) in [6, 6.07) is 18.3. The molecule has 0 unspecified atom stereocenters. The molecule has 5 nitrogen and oxygen atoms in total. The average Bonchev–Trinajstić information content (AvgIpc) is 2.57. The Morgan fingerprint density at radius 3 is 1.65 bits per heavy atom. The molecular formula is C18H14NaO5PS. The summed E-state index contributed by atoms with van der Waals surface area (Å²) in [5, 5.41) is 21.3. The van der Waals surface area contributed by atoms with Crippen molar-refractivity contribution >= 4 is 64.7 Å². The van der Waals surface area contributed by atoms with Gasteiger partial charge < -0.3 is 0 Å². The van der Waals surface area contributed by atoms with Crippen molar-refractivity contribution in [2.24, 2.45) is 0 Å². The molecule has 3 N–H and O–H groups in total. The fraction of sp³-hybridized carbons (Fsp3) is 0. The monoisotopic (exact) mass is 396 g/mol. The van der Waals surface area contributed by atoms with Crippen LogP contribution in [0.5, 0.6) is 11.5 Å². The number of hydrogen-bond acceptors (Lipinski definition) is 4. The van der Waals surface area contributed by atoms with E-state index in [0.29, 0.717) is 36.0 Å². The molecule has 0 aliphatic rings. The fourth-order valence-corrected chi connectivity index (χ4v) is 8.02.